The van der Waals surface area contributed by atoms with Crippen molar-refractivity contribution in [3.05, 3.63) is 0 Å². The fourth-order valence-electron chi connectivity index (χ4n) is 0.222. The van der Waals surface area contributed by atoms with Crippen molar-refractivity contribution in [2.75, 3.05) is 0 Å². The van der Waals surface area contributed by atoms with Crippen LogP contribution in [-0.2, 0) is 9.53 Å². The van der Waals surface area contributed by atoms with Crippen LogP contribution in [0.5, 0.6) is 0 Å². The Balaban J connectivity index is 0. The van der Waals surface area contributed by atoms with E-state index in [0.717, 1.165) is 6.92 Å². The lowest BCUT2D eigenvalue weighted by Crippen LogP contribution is -2.28. The number of carbonyl (C=O) groups excluding carboxylic acids is 1. The van der Waals surface area contributed by atoms with Gasteiger partial charge < -0.3 is 15.3 Å². The molecule has 0 spiro atoms. The highest BCUT2D eigenvalue weighted by atomic mass is 19.4. The molecule has 11 heavy (non-hydrogen) atoms. The van der Waals surface area contributed by atoms with Crippen LogP contribution < -0.4 is 0 Å². The summed E-state index contributed by atoms with van der Waals surface area (Å²) < 4.78 is 37.1. The minimum Gasteiger partial charge on any atom is -0.430 e. The SMILES string of the molecule is CC(O)OC(=O)C(F)(F)F.O. The summed E-state index contributed by atoms with van der Waals surface area (Å²) in [5.41, 5.74) is 0. The second kappa shape index (κ2) is 4.14. The largest absolute Gasteiger partial charge is 0.491 e. The van der Waals surface area contributed by atoms with Gasteiger partial charge in [-0.25, -0.2) is 4.79 Å². The van der Waals surface area contributed by atoms with Gasteiger partial charge in [-0.3, -0.25) is 0 Å². The van der Waals surface area contributed by atoms with Crippen LogP contribution in [0.4, 0.5) is 13.2 Å². The summed E-state index contributed by atoms with van der Waals surface area (Å²) in [4.78, 5) is 9.77. The van der Waals surface area contributed by atoms with E-state index in [1.807, 2.05) is 0 Å². The average Bonchev–Trinajstić information content (AvgIpc) is 1.60. The van der Waals surface area contributed by atoms with Crippen LogP contribution in [0.2, 0.25) is 0 Å². The Bertz CT molecular complexity index is 130. The Morgan fingerprint density at radius 1 is 1.55 bits per heavy atom. The number of hydrogen-bond acceptors (Lipinski definition) is 3. The third-order valence-corrected chi connectivity index (χ3v) is 0.509. The lowest BCUT2D eigenvalue weighted by Gasteiger charge is -2.08. The molecule has 0 saturated heterocycles. The summed E-state index contributed by atoms with van der Waals surface area (Å²) in [7, 11) is 0. The number of carbonyl (C=O) groups is 1. The second-order valence-corrected chi connectivity index (χ2v) is 1.50. The van der Waals surface area contributed by atoms with Gasteiger partial charge in [0.2, 0.25) is 0 Å². The number of ether oxygens (including phenoxy) is 1. The Labute approximate surface area is 59.9 Å². The molecule has 0 aromatic rings. The fourth-order valence-corrected chi connectivity index (χ4v) is 0.222. The van der Waals surface area contributed by atoms with E-state index in [9.17, 15) is 18.0 Å². The molecule has 1 atom stereocenters. The highest BCUT2D eigenvalue weighted by Gasteiger charge is 2.41. The normalized spacial score (nSPS) is 13.2. The number of esters is 1. The summed E-state index contributed by atoms with van der Waals surface area (Å²) in [6, 6.07) is 0. The molecule has 0 saturated carbocycles. The minimum absolute atomic E-state index is 0. The van der Waals surface area contributed by atoms with Crippen molar-refractivity contribution in [1.29, 1.82) is 0 Å². The quantitative estimate of drug-likeness (QED) is 0.436. The highest BCUT2D eigenvalue weighted by molar-refractivity contribution is 5.75. The van der Waals surface area contributed by atoms with E-state index >= 15 is 0 Å². The Morgan fingerprint density at radius 3 is 2.00 bits per heavy atom. The Morgan fingerprint density at radius 2 is 1.91 bits per heavy atom. The lowest BCUT2D eigenvalue weighted by atomic mass is 10.6. The molecule has 0 bridgehead atoms. The van der Waals surface area contributed by atoms with Crippen molar-refractivity contribution in [3.63, 3.8) is 0 Å². The van der Waals surface area contributed by atoms with Crippen LogP contribution in [0.15, 0.2) is 0 Å². The number of aliphatic hydroxyl groups excluding tert-OH is 1. The highest BCUT2D eigenvalue weighted by Crippen LogP contribution is 2.16. The number of halogens is 3. The standard InChI is InChI=1S/C4H5F3O3.H2O/c1-2(8)10-3(9)4(5,6)7;/h2,8H,1H3;1H2. The van der Waals surface area contributed by atoms with E-state index in [4.69, 9.17) is 5.11 Å². The van der Waals surface area contributed by atoms with Gasteiger partial charge in [0.15, 0.2) is 6.29 Å². The summed E-state index contributed by atoms with van der Waals surface area (Å²) >= 11 is 0. The lowest BCUT2D eigenvalue weighted by molar-refractivity contribution is -0.217. The van der Waals surface area contributed by atoms with Crippen molar-refractivity contribution in [2.24, 2.45) is 0 Å². The van der Waals surface area contributed by atoms with E-state index in [-0.39, 0.29) is 5.48 Å². The zero-order valence-electron chi connectivity index (χ0n) is 5.47. The zero-order chi connectivity index (χ0) is 8.36. The van der Waals surface area contributed by atoms with Gasteiger partial charge in [-0.05, 0) is 6.92 Å². The first-order valence-corrected chi connectivity index (χ1v) is 2.30. The van der Waals surface area contributed by atoms with Crippen LogP contribution in [-0.4, -0.2) is 29.0 Å². The van der Waals surface area contributed by atoms with Gasteiger partial charge >= 0.3 is 12.1 Å². The van der Waals surface area contributed by atoms with Crippen molar-refractivity contribution >= 4 is 5.97 Å². The molecule has 7 heteroatoms. The molecule has 3 N–H and O–H groups in total. The van der Waals surface area contributed by atoms with Gasteiger partial charge in [-0.15, -0.1) is 0 Å². The zero-order valence-corrected chi connectivity index (χ0v) is 5.47. The summed E-state index contributed by atoms with van der Waals surface area (Å²) in [6.45, 7) is 0.906. The Kier molecular flexibility index (Phi) is 4.83. The maximum Gasteiger partial charge on any atom is 0.491 e. The Hall–Kier alpha value is -0.820. The van der Waals surface area contributed by atoms with Crippen LogP contribution in [0, 0.1) is 0 Å². The molecule has 0 fully saturated rings. The predicted octanol–water partition coefficient (Wildman–Crippen LogP) is -0.395. The van der Waals surface area contributed by atoms with Crippen LogP contribution in [0.1, 0.15) is 6.92 Å². The van der Waals surface area contributed by atoms with Gasteiger partial charge in [-0.2, -0.15) is 13.2 Å². The second-order valence-electron chi connectivity index (χ2n) is 1.50. The number of aliphatic hydroxyl groups is 1. The molecule has 0 aliphatic rings. The first-order valence-electron chi connectivity index (χ1n) is 2.30. The third kappa shape index (κ3) is 5.62. The molecule has 0 radical (unpaired) electrons. The molecule has 0 amide bonds. The maximum absolute atomic E-state index is 11.2. The topological polar surface area (TPSA) is 78.0 Å². The fraction of sp³-hybridized carbons (Fsp3) is 0.750. The molecule has 0 aliphatic carbocycles. The van der Waals surface area contributed by atoms with Crippen molar-refractivity contribution in [1.82, 2.24) is 0 Å². The van der Waals surface area contributed by atoms with E-state index in [0.29, 0.717) is 0 Å². The third-order valence-electron chi connectivity index (χ3n) is 0.509. The van der Waals surface area contributed by atoms with Crippen molar-refractivity contribution < 1.29 is 33.3 Å². The molecule has 1 unspecified atom stereocenters. The molecule has 0 aliphatic heterocycles. The molecule has 0 aromatic carbocycles. The molecule has 0 rings (SSSR count). The maximum atomic E-state index is 11.2. The predicted molar refractivity (Wildman–Crippen MR) is 27.4 cm³/mol. The minimum atomic E-state index is -5.03. The van der Waals surface area contributed by atoms with E-state index in [1.54, 1.807) is 0 Å². The molecule has 0 heterocycles. The van der Waals surface area contributed by atoms with Gasteiger partial charge in [0, 0.05) is 0 Å². The molecule has 4 nitrogen and oxygen atoms in total. The number of hydrogen-bond donors (Lipinski definition) is 1. The van der Waals surface area contributed by atoms with E-state index < -0.39 is 18.4 Å². The van der Waals surface area contributed by atoms with Gasteiger partial charge in [-0.1, -0.05) is 0 Å². The monoisotopic (exact) mass is 176 g/mol. The van der Waals surface area contributed by atoms with Crippen molar-refractivity contribution in [2.45, 2.75) is 19.4 Å². The molecular formula is C4H7F3O4. The first-order chi connectivity index (χ1) is 4.34. The average molecular weight is 176 g/mol. The van der Waals surface area contributed by atoms with E-state index in [2.05, 4.69) is 4.74 Å². The van der Waals surface area contributed by atoms with Crippen LogP contribution in [0.3, 0.4) is 0 Å². The van der Waals surface area contributed by atoms with Crippen molar-refractivity contribution in [3.8, 4) is 0 Å². The summed E-state index contributed by atoms with van der Waals surface area (Å²) in [6.07, 6.45) is -6.76. The van der Waals surface area contributed by atoms with Gasteiger partial charge in [0.1, 0.15) is 0 Å². The number of rotatable bonds is 1. The summed E-state index contributed by atoms with van der Waals surface area (Å²) in [5, 5.41) is 8.14. The number of alkyl halides is 3. The molecule has 0 aromatic heterocycles. The van der Waals surface area contributed by atoms with Crippen LogP contribution in [0.25, 0.3) is 0 Å². The van der Waals surface area contributed by atoms with E-state index in [1.165, 1.54) is 0 Å². The van der Waals surface area contributed by atoms with Crippen LogP contribution >= 0.6 is 0 Å². The first kappa shape index (κ1) is 12.8. The smallest absolute Gasteiger partial charge is 0.430 e. The molecule has 68 valence electrons. The summed E-state index contributed by atoms with van der Waals surface area (Å²) in [5.74, 6) is -2.39. The van der Waals surface area contributed by atoms with Gasteiger partial charge in [0.05, 0.1) is 0 Å². The molecular weight excluding hydrogens is 169 g/mol. The van der Waals surface area contributed by atoms with Gasteiger partial charge in [0.25, 0.3) is 0 Å².